The van der Waals surface area contributed by atoms with Crippen molar-refractivity contribution in [2.45, 2.75) is 37.8 Å². The molecule has 0 radical (unpaired) electrons. The fourth-order valence-corrected chi connectivity index (χ4v) is 2.64. The molecule has 0 spiro atoms. The maximum Gasteiger partial charge on any atom is 0.123 e. The zero-order valence-corrected chi connectivity index (χ0v) is 8.14. The largest absolute Gasteiger partial charge is 0.299 e. The van der Waals surface area contributed by atoms with E-state index < -0.39 is 5.67 Å². The highest BCUT2D eigenvalue weighted by Gasteiger charge is 2.47. The smallest absolute Gasteiger partial charge is 0.123 e. The number of halogens is 1. The molecule has 0 atom stereocenters. The molecule has 0 aromatic heterocycles. The van der Waals surface area contributed by atoms with Crippen LogP contribution < -0.4 is 0 Å². The molecule has 1 saturated heterocycles. The van der Waals surface area contributed by atoms with E-state index in [0.717, 1.165) is 31.2 Å². The Balaban J connectivity index is 1.41. The minimum absolute atomic E-state index is 0.732. The average molecular weight is 183 g/mol. The van der Waals surface area contributed by atoms with E-state index in [1.165, 1.54) is 32.4 Å². The van der Waals surface area contributed by atoms with E-state index in [2.05, 4.69) is 4.90 Å². The second kappa shape index (κ2) is 2.69. The minimum atomic E-state index is -0.759. The van der Waals surface area contributed by atoms with Gasteiger partial charge >= 0.3 is 0 Å². The van der Waals surface area contributed by atoms with Gasteiger partial charge in [-0.25, -0.2) is 4.39 Å². The molecule has 2 heteroatoms. The third-order valence-electron chi connectivity index (χ3n) is 4.10. The van der Waals surface area contributed by atoms with E-state index in [1.54, 1.807) is 0 Å². The first-order valence-electron chi connectivity index (χ1n) is 5.66. The summed E-state index contributed by atoms with van der Waals surface area (Å²) >= 11 is 0. The Kier molecular flexibility index (Phi) is 1.70. The highest BCUT2D eigenvalue weighted by atomic mass is 19.1. The molecule has 1 heterocycles. The van der Waals surface area contributed by atoms with Crippen LogP contribution in [0.25, 0.3) is 0 Å². The molecule has 3 rings (SSSR count). The Morgan fingerprint density at radius 3 is 2.31 bits per heavy atom. The summed E-state index contributed by atoms with van der Waals surface area (Å²) in [5, 5.41) is 0. The van der Waals surface area contributed by atoms with Crippen molar-refractivity contribution in [3.63, 3.8) is 0 Å². The maximum atomic E-state index is 13.4. The van der Waals surface area contributed by atoms with Gasteiger partial charge in [-0.05, 0) is 24.7 Å². The van der Waals surface area contributed by atoms with E-state index in [-0.39, 0.29) is 0 Å². The topological polar surface area (TPSA) is 3.24 Å². The number of hydrogen-bond acceptors (Lipinski definition) is 1. The van der Waals surface area contributed by atoms with Crippen molar-refractivity contribution in [1.29, 1.82) is 0 Å². The van der Waals surface area contributed by atoms with Crippen molar-refractivity contribution < 1.29 is 4.39 Å². The first-order valence-corrected chi connectivity index (χ1v) is 5.66. The van der Waals surface area contributed by atoms with E-state index in [0.29, 0.717) is 0 Å². The van der Waals surface area contributed by atoms with Gasteiger partial charge in [0.15, 0.2) is 0 Å². The van der Waals surface area contributed by atoms with Crippen LogP contribution in [0, 0.1) is 11.8 Å². The monoisotopic (exact) mass is 183 g/mol. The van der Waals surface area contributed by atoms with Crippen molar-refractivity contribution in [3.05, 3.63) is 0 Å². The van der Waals surface area contributed by atoms with Crippen LogP contribution in [0.5, 0.6) is 0 Å². The van der Waals surface area contributed by atoms with Gasteiger partial charge in [-0.1, -0.05) is 19.3 Å². The lowest BCUT2D eigenvalue weighted by atomic mass is 9.72. The molecule has 0 unspecified atom stereocenters. The average Bonchev–Trinajstić information content (AvgIpc) is 2.60. The fourth-order valence-electron chi connectivity index (χ4n) is 2.64. The summed E-state index contributed by atoms with van der Waals surface area (Å²) in [6.07, 6.45) is 5.96. The standard InChI is InChI=1S/C11H18FN/c12-11(4-5-11)8-13-6-10(7-13)9-2-1-3-9/h9-10H,1-8H2. The van der Waals surface area contributed by atoms with E-state index in [9.17, 15) is 4.39 Å². The van der Waals surface area contributed by atoms with Gasteiger partial charge in [-0.3, -0.25) is 4.90 Å². The molecule has 0 aromatic rings. The summed E-state index contributed by atoms with van der Waals surface area (Å²) < 4.78 is 13.4. The molecule has 13 heavy (non-hydrogen) atoms. The van der Waals surface area contributed by atoms with E-state index in [4.69, 9.17) is 0 Å². The van der Waals surface area contributed by atoms with Crippen molar-refractivity contribution in [2.24, 2.45) is 11.8 Å². The van der Waals surface area contributed by atoms with Crippen molar-refractivity contribution in [3.8, 4) is 0 Å². The lowest BCUT2D eigenvalue weighted by Gasteiger charge is -2.47. The normalized spacial score (nSPS) is 33.9. The molecule has 0 N–H and O–H groups in total. The zero-order valence-electron chi connectivity index (χ0n) is 8.14. The summed E-state index contributed by atoms with van der Waals surface area (Å²) in [5.41, 5.74) is -0.759. The van der Waals surface area contributed by atoms with Crippen LogP contribution in [-0.4, -0.2) is 30.2 Å². The second-order valence-corrected chi connectivity index (χ2v) is 5.30. The summed E-state index contributed by atoms with van der Waals surface area (Å²) in [6, 6.07) is 0. The first-order chi connectivity index (χ1) is 6.25. The summed E-state index contributed by atoms with van der Waals surface area (Å²) in [5.74, 6) is 1.93. The molecule has 74 valence electrons. The maximum absolute atomic E-state index is 13.4. The minimum Gasteiger partial charge on any atom is -0.299 e. The molecular formula is C11H18FN. The Hall–Kier alpha value is -0.110. The Morgan fingerprint density at radius 1 is 1.15 bits per heavy atom. The second-order valence-electron chi connectivity index (χ2n) is 5.30. The number of rotatable bonds is 3. The lowest BCUT2D eigenvalue weighted by Crippen LogP contribution is -2.53. The predicted molar refractivity (Wildman–Crippen MR) is 50.3 cm³/mol. The summed E-state index contributed by atoms with van der Waals surface area (Å²) in [6.45, 7) is 3.11. The molecule has 2 saturated carbocycles. The number of likely N-dealkylation sites (tertiary alicyclic amines) is 1. The Morgan fingerprint density at radius 2 is 1.85 bits per heavy atom. The Labute approximate surface area is 79.3 Å². The predicted octanol–water partition coefficient (Wildman–Crippen LogP) is 2.22. The highest BCUT2D eigenvalue weighted by molar-refractivity contribution is 5.00. The van der Waals surface area contributed by atoms with Crippen LogP contribution in [0.3, 0.4) is 0 Å². The van der Waals surface area contributed by atoms with Crippen molar-refractivity contribution >= 4 is 0 Å². The molecular weight excluding hydrogens is 165 g/mol. The SMILES string of the molecule is FC1(CN2CC(C3CCC3)C2)CC1. The van der Waals surface area contributed by atoms with Crippen LogP contribution >= 0.6 is 0 Å². The number of nitrogens with zero attached hydrogens (tertiary/aromatic N) is 1. The van der Waals surface area contributed by atoms with Gasteiger partial charge in [0.1, 0.15) is 5.67 Å². The molecule has 3 aliphatic rings. The van der Waals surface area contributed by atoms with Crippen LogP contribution in [0.1, 0.15) is 32.1 Å². The molecule has 3 fully saturated rings. The van der Waals surface area contributed by atoms with Gasteiger partial charge in [0, 0.05) is 19.6 Å². The van der Waals surface area contributed by atoms with Crippen LogP contribution in [0.2, 0.25) is 0 Å². The molecule has 0 amide bonds. The van der Waals surface area contributed by atoms with Crippen LogP contribution in [-0.2, 0) is 0 Å². The van der Waals surface area contributed by atoms with Gasteiger partial charge < -0.3 is 0 Å². The van der Waals surface area contributed by atoms with E-state index >= 15 is 0 Å². The van der Waals surface area contributed by atoms with Gasteiger partial charge in [0.25, 0.3) is 0 Å². The summed E-state index contributed by atoms with van der Waals surface area (Å²) in [4.78, 5) is 2.32. The van der Waals surface area contributed by atoms with Crippen molar-refractivity contribution in [1.82, 2.24) is 4.90 Å². The highest BCUT2D eigenvalue weighted by Crippen LogP contribution is 2.44. The van der Waals surface area contributed by atoms with Crippen LogP contribution in [0.4, 0.5) is 4.39 Å². The molecule has 0 aromatic carbocycles. The van der Waals surface area contributed by atoms with Crippen molar-refractivity contribution in [2.75, 3.05) is 19.6 Å². The third-order valence-corrected chi connectivity index (χ3v) is 4.10. The van der Waals surface area contributed by atoms with E-state index in [1.807, 2.05) is 0 Å². The molecule has 1 nitrogen and oxygen atoms in total. The fraction of sp³-hybridized carbons (Fsp3) is 1.00. The number of hydrogen-bond donors (Lipinski definition) is 0. The molecule has 0 bridgehead atoms. The summed E-state index contributed by atoms with van der Waals surface area (Å²) in [7, 11) is 0. The van der Waals surface area contributed by atoms with Gasteiger partial charge in [0.2, 0.25) is 0 Å². The Bertz CT molecular complexity index is 202. The molecule has 2 aliphatic carbocycles. The van der Waals surface area contributed by atoms with Gasteiger partial charge in [-0.2, -0.15) is 0 Å². The van der Waals surface area contributed by atoms with Crippen LogP contribution in [0.15, 0.2) is 0 Å². The third kappa shape index (κ3) is 1.50. The lowest BCUT2D eigenvalue weighted by molar-refractivity contribution is 0.00738. The quantitative estimate of drug-likeness (QED) is 0.648. The first kappa shape index (κ1) is 8.22. The van der Waals surface area contributed by atoms with Gasteiger partial charge in [-0.15, -0.1) is 0 Å². The van der Waals surface area contributed by atoms with Gasteiger partial charge in [0.05, 0.1) is 0 Å². The zero-order chi connectivity index (χ0) is 8.89. The molecule has 1 aliphatic heterocycles. The number of alkyl halides is 1.